The van der Waals surface area contributed by atoms with E-state index in [2.05, 4.69) is 11.1 Å². The Hall–Kier alpha value is -1.67. The lowest BCUT2D eigenvalue weighted by Crippen LogP contribution is -2.48. The number of aliphatic hydroxyl groups excluding tert-OH is 1. The van der Waals surface area contributed by atoms with Crippen LogP contribution in [0.3, 0.4) is 0 Å². The average Bonchev–Trinajstić information content (AvgIpc) is 2.38. The Morgan fingerprint density at radius 2 is 2.39 bits per heavy atom. The highest BCUT2D eigenvalue weighted by Crippen LogP contribution is 2.28. The van der Waals surface area contributed by atoms with Gasteiger partial charge >= 0.3 is 0 Å². The number of pyridine rings is 1. The molecule has 5 heteroatoms. The molecule has 2 rings (SSSR count). The predicted molar refractivity (Wildman–Crippen MR) is 66.1 cm³/mol. The van der Waals surface area contributed by atoms with Gasteiger partial charge < -0.3 is 10.0 Å². The van der Waals surface area contributed by atoms with Crippen LogP contribution < -0.4 is 4.90 Å². The summed E-state index contributed by atoms with van der Waals surface area (Å²) < 4.78 is 14.1. The van der Waals surface area contributed by atoms with E-state index < -0.39 is 12.3 Å². The number of hydrogen-bond acceptors (Lipinski definition) is 4. The first-order valence-electron chi connectivity index (χ1n) is 6.00. The van der Waals surface area contributed by atoms with Crippen molar-refractivity contribution in [3.05, 3.63) is 23.4 Å². The molecule has 1 aliphatic rings. The highest BCUT2D eigenvalue weighted by atomic mass is 19.1. The van der Waals surface area contributed by atoms with Crippen LogP contribution in [0.2, 0.25) is 0 Å². The molecule has 0 aromatic carbocycles. The monoisotopic (exact) mass is 249 g/mol. The first-order chi connectivity index (χ1) is 8.56. The molecule has 1 fully saturated rings. The number of halogens is 1. The third-order valence-electron chi connectivity index (χ3n) is 3.20. The Bertz CT molecular complexity index is 486. The maximum absolute atomic E-state index is 14.1. The molecule has 0 radical (unpaired) electrons. The van der Waals surface area contributed by atoms with E-state index in [1.807, 2.05) is 6.92 Å². The number of aliphatic hydroxyl groups is 1. The molecule has 1 atom stereocenters. The molecule has 4 nitrogen and oxygen atoms in total. The summed E-state index contributed by atoms with van der Waals surface area (Å²) in [6, 6.07) is 5.43. The molecule has 0 saturated carbocycles. The van der Waals surface area contributed by atoms with E-state index in [9.17, 15) is 4.39 Å². The molecular formula is C13H16FN3O. The van der Waals surface area contributed by atoms with Crippen molar-refractivity contribution in [3.63, 3.8) is 0 Å². The molecule has 1 unspecified atom stereocenters. The van der Waals surface area contributed by atoms with Crippen LogP contribution in [0, 0.1) is 18.3 Å². The standard InChI is InChI=1S/C13H16FN3O/c1-10-5-11(7-15)6-12(16-10)17-4-2-3-13(14,8-17)9-18/h5-6,18H,2-4,8-9H2,1H3. The Morgan fingerprint density at radius 3 is 3.06 bits per heavy atom. The van der Waals surface area contributed by atoms with Gasteiger partial charge in [0, 0.05) is 12.2 Å². The molecule has 0 amide bonds. The molecule has 1 aliphatic heterocycles. The number of rotatable bonds is 2. The van der Waals surface area contributed by atoms with E-state index in [1.165, 1.54) is 0 Å². The largest absolute Gasteiger partial charge is 0.393 e. The van der Waals surface area contributed by atoms with Crippen LogP contribution in [0.4, 0.5) is 10.2 Å². The van der Waals surface area contributed by atoms with E-state index in [-0.39, 0.29) is 6.54 Å². The lowest BCUT2D eigenvalue weighted by molar-refractivity contribution is 0.0565. The first-order valence-corrected chi connectivity index (χ1v) is 6.00. The Balaban J connectivity index is 2.26. The van der Waals surface area contributed by atoms with Crippen LogP contribution in [0.5, 0.6) is 0 Å². The molecule has 0 bridgehead atoms. The van der Waals surface area contributed by atoms with Gasteiger partial charge in [-0.2, -0.15) is 5.26 Å². The molecular weight excluding hydrogens is 233 g/mol. The fourth-order valence-electron chi connectivity index (χ4n) is 2.29. The molecule has 1 N–H and O–H groups in total. The number of anilines is 1. The van der Waals surface area contributed by atoms with E-state index >= 15 is 0 Å². The summed E-state index contributed by atoms with van der Waals surface area (Å²) in [7, 11) is 0. The van der Waals surface area contributed by atoms with E-state index in [4.69, 9.17) is 10.4 Å². The number of piperidine rings is 1. The maximum Gasteiger partial charge on any atom is 0.151 e. The van der Waals surface area contributed by atoms with Gasteiger partial charge in [0.05, 0.1) is 24.8 Å². The highest BCUT2D eigenvalue weighted by Gasteiger charge is 2.35. The molecule has 18 heavy (non-hydrogen) atoms. The van der Waals surface area contributed by atoms with E-state index in [0.717, 1.165) is 5.69 Å². The summed E-state index contributed by atoms with van der Waals surface area (Å²) in [5.41, 5.74) is -0.296. The number of aromatic nitrogens is 1. The first kappa shape index (κ1) is 12.8. The van der Waals surface area contributed by atoms with Gasteiger partial charge in [-0.05, 0) is 31.9 Å². The topological polar surface area (TPSA) is 60.2 Å². The SMILES string of the molecule is Cc1cc(C#N)cc(N2CCCC(F)(CO)C2)n1. The van der Waals surface area contributed by atoms with Crippen LogP contribution in [-0.4, -0.2) is 35.5 Å². The summed E-state index contributed by atoms with van der Waals surface area (Å²) in [6.45, 7) is 2.17. The van der Waals surface area contributed by atoms with Gasteiger partial charge in [0.15, 0.2) is 5.67 Å². The average molecular weight is 249 g/mol. The number of alkyl halides is 1. The third kappa shape index (κ3) is 2.59. The summed E-state index contributed by atoms with van der Waals surface area (Å²) in [4.78, 5) is 6.13. The van der Waals surface area contributed by atoms with Crippen molar-refractivity contribution in [1.82, 2.24) is 4.98 Å². The normalized spacial score (nSPS) is 23.8. The van der Waals surface area contributed by atoms with Gasteiger partial charge in [-0.3, -0.25) is 0 Å². The second-order valence-electron chi connectivity index (χ2n) is 4.80. The van der Waals surface area contributed by atoms with E-state index in [1.54, 1.807) is 17.0 Å². The van der Waals surface area contributed by atoms with Gasteiger partial charge in [-0.1, -0.05) is 0 Å². The predicted octanol–water partition coefficient (Wildman–Crippen LogP) is 1.56. The third-order valence-corrected chi connectivity index (χ3v) is 3.20. The van der Waals surface area contributed by atoms with Crippen molar-refractivity contribution in [2.75, 3.05) is 24.6 Å². The summed E-state index contributed by atoms with van der Waals surface area (Å²) in [5, 5.41) is 18.0. The molecule has 1 aromatic rings. The Kier molecular flexibility index (Phi) is 3.48. The van der Waals surface area contributed by atoms with Crippen molar-refractivity contribution in [2.45, 2.75) is 25.4 Å². The molecule has 0 aliphatic carbocycles. The fourth-order valence-corrected chi connectivity index (χ4v) is 2.29. The molecule has 1 saturated heterocycles. The zero-order chi connectivity index (χ0) is 13.2. The summed E-state index contributed by atoms with van der Waals surface area (Å²) >= 11 is 0. The van der Waals surface area contributed by atoms with Crippen molar-refractivity contribution in [1.29, 1.82) is 5.26 Å². The maximum atomic E-state index is 14.1. The van der Waals surface area contributed by atoms with Crippen LogP contribution >= 0.6 is 0 Å². The van der Waals surface area contributed by atoms with Crippen LogP contribution in [0.25, 0.3) is 0 Å². The van der Waals surface area contributed by atoms with Gasteiger partial charge in [0.25, 0.3) is 0 Å². The zero-order valence-electron chi connectivity index (χ0n) is 10.4. The minimum Gasteiger partial charge on any atom is -0.393 e. The lowest BCUT2D eigenvalue weighted by Gasteiger charge is -2.37. The quantitative estimate of drug-likeness (QED) is 0.864. The van der Waals surface area contributed by atoms with E-state index in [0.29, 0.717) is 30.8 Å². The van der Waals surface area contributed by atoms with Crippen LogP contribution in [0.1, 0.15) is 24.1 Å². The molecule has 1 aromatic heterocycles. The van der Waals surface area contributed by atoms with Crippen molar-refractivity contribution in [3.8, 4) is 6.07 Å². The van der Waals surface area contributed by atoms with Gasteiger partial charge in [-0.25, -0.2) is 9.37 Å². The number of nitriles is 1. The minimum atomic E-state index is -1.56. The van der Waals surface area contributed by atoms with Crippen LogP contribution in [0.15, 0.2) is 12.1 Å². The summed E-state index contributed by atoms with van der Waals surface area (Å²) in [5.74, 6) is 0.613. The van der Waals surface area contributed by atoms with Gasteiger partial charge in [0.2, 0.25) is 0 Å². The summed E-state index contributed by atoms with van der Waals surface area (Å²) in [6.07, 6.45) is 1.05. The lowest BCUT2D eigenvalue weighted by atomic mass is 9.95. The van der Waals surface area contributed by atoms with Gasteiger partial charge in [-0.15, -0.1) is 0 Å². The zero-order valence-corrected chi connectivity index (χ0v) is 10.4. The van der Waals surface area contributed by atoms with Crippen molar-refractivity contribution < 1.29 is 9.50 Å². The van der Waals surface area contributed by atoms with Crippen molar-refractivity contribution >= 4 is 5.82 Å². The molecule has 2 heterocycles. The molecule has 96 valence electrons. The second-order valence-corrected chi connectivity index (χ2v) is 4.80. The number of hydrogen-bond donors (Lipinski definition) is 1. The highest BCUT2D eigenvalue weighted by molar-refractivity contribution is 5.47. The smallest absolute Gasteiger partial charge is 0.151 e. The Morgan fingerprint density at radius 1 is 1.61 bits per heavy atom. The van der Waals surface area contributed by atoms with Crippen molar-refractivity contribution in [2.24, 2.45) is 0 Å². The second kappa shape index (κ2) is 4.91. The minimum absolute atomic E-state index is 0.130. The number of aryl methyl sites for hydroxylation is 1. The molecule has 0 spiro atoms. The Labute approximate surface area is 106 Å². The van der Waals surface area contributed by atoms with Gasteiger partial charge in [0.1, 0.15) is 5.82 Å². The fraction of sp³-hybridized carbons (Fsp3) is 0.538. The van der Waals surface area contributed by atoms with Crippen LogP contribution in [-0.2, 0) is 0 Å². The number of nitrogens with zero attached hydrogens (tertiary/aromatic N) is 3.